The standard InChI is InChI=1S/C15H17FN2O3S/c1-21-10-12-8-11(5-6-13(12)16)9-18-15-14(22(2,19)20)4-3-7-17-15/h3-8H,9-10H2,1-2H3,(H,17,18). The number of hydrogen-bond donors (Lipinski definition) is 1. The lowest BCUT2D eigenvalue weighted by atomic mass is 10.1. The van der Waals surface area contributed by atoms with E-state index in [0.717, 1.165) is 11.8 Å². The molecule has 7 heteroatoms. The summed E-state index contributed by atoms with van der Waals surface area (Å²) >= 11 is 0. The first-order valence-corrected chi connectivity index (χ1v) is 8.46. The largest absolute Gasteiger partial charge is 0.380 e. The van der Waals surface area contributed by atoms with E-state index < -0.39 is 9.84 Å². The van der Waals surface area contributed by atoms with Crippen LogP contribution >= 0.6 is 0 Å². The molecule has 2 aromatic rings. The maximum absolute atomic E-state index is 13.5. The molecule has 0 radical (unpaired) electrons. The van der Waals surface area contributed by atoms with Gasteiger partial charge < -0.3 is 10.1 Å². The topological polar surface area (TPSA) is 68.3 Å². The van der Waals surface area contributed by atoms with E-state index in [1.54, 1.807) is 18.2 Å². The highest BCUT2D eigenvalue weighted by Gasteiger charge is 2.13. The first-order valence-electron chi connectivity index (χ1n) is 6.57. The van der Waals surface area contributed by atoms with Crippen LogP contribution in [0.2, 0.25) is 0 Å². The van der Waals surface area contributed by atoms with Gasteiger partial charge in [0.05, 0.1) is 6.61 Å². The van der Waals surface area contributed by atoms with Gasteiger partial charge in [0.15, 0.2) is 9.84 Å². The number of sulfone groups is 1. The maximum Gasteiger partial charge on any atom is 0.179 e. The molecule has 0 fully saturated rings. The zero-order chi connectivity index (χ0) is 16.2. The molecular weight excluding hydrogens is 307 g/mol. The van der Waals surface area contributed by atoms with Crippen LogP contribution in [0.15, 0.2) is 41.4 Å². The zero-order valence-corrected chi connectivity index (χ0v) is 13.2. The van der Waals surface area contributed by atoms with Gasteiger partial charge in [0.2, 0.25) is 0 Å². The lowest BCUT2D eigenvalue weighted by molar-refractivity contribution is 0.181. The molecule has 1 aromatic heterocycles. The average molecular weight is 324 g/mol. The van der Waals surface area contributed by atoms with E-state index in [1.165, 1.54) is 25.4 Å². The molecule has 2 rings (SSSR count). The van der Waals surface area contributed by atoms with E-state index in [1.807, 2.05) is 0 Å². The Hall–Kier alpha value is -1.99. The molecule has 0 atom stereocenters. The number of benzene rings is 1. The van der Waals surface area contributed by atoms with Crippen molar-refractivity contribution in [2.45, 2.75) is 18.0 Å². The minimum Gasteiger partial charge on any atom is -0.380 e. The molecule has 5 nitrogen and oxygen atoms in total. The fraction of sp³-hybridized carbons (Fsp3) is 0.267. The maximum atomic E-state index is 13.5. The van der Waals surface area contributed by atoms with Crippen molar-refractivity contribution < 1.29 is 17.5 Å². The van der Waals surface area contributed by atoms with Crippen molar-refractivity contribution in [2.75, 3.05) is 18.7 Å². The molecule has 0 saturated heterocycles. The minimum absolute atomic E-state index is 0.134. The summed E-state index contributed by atoms with van der Waals surface area (Å²) in [4.78, 5) is 4.18. The van der Waals surface area contributed by atoms with Crippen LogP contribution in [0.4, 0.5) is 10.2 Å². The highest BCUT2D eigenvalue weighted by Crippen LogP contribution is 2.19. The van der Waals surface area contributed by atoms with Crippen LogP contribution in [0.1, 0.15) is 11.1 Å². The average Bonchev–Trinajstić information content (AvgIpc) is 2.47. The van der Waals surface area contributed by atoms with Crippen LogP contribution in [0.25, 0.3) is 0 Å². The monoisotopic (exact) mass is 324 g/mol. The van der Waals surface area contributed by atoms with Gasteiger partial charge in [-0.3, -0.25) is 0 Å². The van der Waals surface area contributed by atoms with Crippen molar-refractivity contribution in [3.63, 3.8) is 0 Å². The number of hydrogen-bond acceptors (Lipinski definition) is 5. The number of ether oxygens (including phenoxy) is 1. The second-order valence-electron chi connectivity index (χ2n) is 4.83. The van der Waals surface area contributed by atoms with Gasteiger partial charge in [-0.05, 0) is 29.8 Å². The van der Waals surface area contributed by atoms with Crippen molar-refractivity contribution in [1.29, 1.82) is 0 Å². The number of halogens is 1. The van der Waals surface area contributed by atoms with Crippen molar-refractivity contribution in [3.05, 3.63) is 53.5 Å². The van der Waals surface area contributed by atoms with Crippen molar-refractivity contribution in [2.24, 2.45) is 0 Å². The number of rotatable bonds is 6. The molecule has 118 valence electrons. The second kappa shape index (κ2) is 6.85. The predicted octanol–water partition coefficient (Wildman–Crippen LogP) is 2.38. The molecule has 0 aliphatic heterocycles. The Kier molecular flexibility index (Phi) is 5.10. The van der Waals surface area contributed by atoms with Crippen LogP contribution in [0.3, 0.4) is 0 Å². The summed E-state index contributed by atoms with van der Waals surface area (Å²) in [6.07, 6.45) is 2.64. The summed E-state index contributed by atoms with van der Waals surface area (Å²) < 4.78 is 41.9. The Morgan fingerprint density at radius 2 is 2.09 bits per heavy atom. The summed E-state index contributed by atoms with van der Waals surface area (Å²) in [7, 11) is -1.87. The lowest BCUT2D eigenvalue weighted by Gasteiger charge is -2.11. The molecule has 0 aliphatic carbocycles. The summed E-state index contributed by atoms with van der Waals surface area (Å²) in [6, 6.07) is 7.72. The van der Waals surface area contributed by atoms with E-state index in [0.29, 0.717) is 12.1 Å². The molecular formula is C15H17FN2O3S. The first-order chi connectivity index (χ1) is 10.4. The third-order valence-corrected chi connectivity index (χ3v) is 4.17. The van der Waals surface area contributed by atoms with Crippen molar-refractivity contribution in [1.82, 2.24) is 4.98 Å². The normalized spacial score (nSPS) is 11.4. The fourth-order valence-corrected chi connectivity index (χ4v) is 2.81. The molecule has 0 bridgehead atoms. The SMILES string of the molecule is COCc1cc(CNc2ncccc2S(C)(=O)=O)ccc1F. The van der Waals surface area contributed by atoms with Crippen LogP contribution in [-0.2, 0) is 27.7 Å². The van der Waals surface area contributed by atoms with Gasteiger partial charge in [-0.15, -0.1) is 0 Å². The Morgan fingerprint density at radius 1 is 1.32 bits per heavy atom. The van der Waals surface area contributed by atoms with Gasteiger partial charge in [-0.2, -0.15) is 0 Å². The number of methoxy groups -OCH3 is 1. The number of nitrogens with zero attached hydrogens (tertiary/aromatic N) is 1. The van der Waals surface area contributed by atoms with Crippen LogP contribution < -0.4 is 5.32 Å². The summed E-state index contributed by atoms with van der Waals surface area (Å²) in [5.41, 5.74) is 1.25. The Labute approximate surface area is 129 Å². The van der Waals surface area contributed by atoms with E-state index >= 15 is 0 Å². The molecule has 0 unspecified atom stereocenters. The smallest absolute Gasteiger partial charge is 0.179 e. The van der Waals surface area contributed by atoms with Gasteiger partial charge in [0.25, 0.3) is 0 Å². The van der Waals surface area contributed by atoms with E-state index in [9.17, 15) is 12.8 Å². The van der Waals surface area contributed by atoms with Crippen molar-refractivity contribution in [3.8, 4) is 0 Å². The summed E-state index contributed by atoms with van der Waals surface area (Å²) in [5, 5.41) is 2.97. The molecule has 0 amide bonds. The molecule has 0 spiro atoms. The van der Waals surface area contributed by atoms with Crippen LogP contribution in [0, 0.1) is 5.82 Å². The van der Waals surface area contributed by atoms with Crippen LogP contribution in [0.5, 0.6) is 0 Å². The predicted molar refractivity (Wildman–Crippen MR) is 81.8 cm³/mol. The lowest BCUT2D eigenvalue weighted by Crippen LogP contribution is -2.08. The van der Waals surface area contributed by atoms with Gasteiger partial charge in [-0.1, -0.05) is 6.07 Å². The van der Waals surface area contributed by atoms with Gasteiger partial charge in [0.1, 0.15) is 16.5 Å². The Morgan fingerprint density at radius 3 is 2.77 bits per heavy atom. The van der Waals surface area contributed by atoms with Gasteiger partial charge in [-0.25, -0.2) is 17.8 Å². The van der Waals surface area contributed by atoms with E-state index in [-0.39, 0.29) is 23.1 Å². The minimum atomic E-state index is -3.37. The molecule has 0 saturated carbocycles. The van der Waals surface area contributed by atoms with Crippen LogP contribution in [-0.4, -0.2) is 26.8 Å². The zero-order valence-electron chi connectivity index (χ0n) is 12.3. The highest BCUT2D eigenvalue weighted by molar-refractivity contribution is 7.90. The van der Waals surface area contributed by atoms with Gasteiger partial charge >= 0.3 is 0 Å². The third kappa shape index (κ3) is 4.02. The molecule has 0 aliphatic rings. The van der Waals surface area contributed by atoms with E-state index in [4.69, 9.17) is 4.74 Å². The summed E-state index contributed by atoms with van der Waals surface area (Å²) in [6.45, 7) is 0.508. The highest BCUT2D eigenvalue weighted by atomic mass is 32.2. The molecule has 1 heterocycles. The first kappa shape index (κ1) is 16.4. The third-order valence-electron chi connectivity index (χ3n) is 3.04. The fourth-order valence-electron chi connectivity index (χ4n) is 2.01. The Bertz CT molecular complexity index is 763. The van der Waals surface area contributed by atoms with E-state index in [2.05, 4.69) is 10.3 Å². The molecule has 1 aromatic carbocycles. The molecule has 22 heavy (non-hydrogen) atoms. The van der Waals surface area contributed by atoms with Crippen molar-refractivity contribution >= 4 is 15.7 Å². The van der Waals surface area contributed by atoms with Gasteiger partial charge in [0, 0.05) is 31.7 Å². The number of pyridine rings is 1. The summed E-state index contributed by atoms with van der Waals surface area (Å²) in [5.74, 6) is -0.0529. The molecule has 1 N–H and O–H groups in total. The number of nitrogens with one attached hydrogen (secondary N) is 1. The Balaban J connectivity index is 2.19. The number of anilines is 1. The quantitative estimate of drug-likeness (QED) is 0.883. The second-order valence-corrected chi connectivity index (χ2v) is 6.82. The number of aromatic nitrogens is 1.